The Kier molecular flexibility index (Phi) is 9.21. The molecule has 0 N–H and O–H groups in total. The third kappa shape index (κ3) is 6.52. The van der Waals surface area contributed by atoms with E-state index in [2.05, 4.69) is 29.4 Å². The van der Waals surface area contributed by atoms with Crippen molar-refractivity contribution in [3.63, 3.8) is 0 Å². The molecular weight excluding hydrogens is 436 g/mol. The number of aromatic nitrogens is 1. The predicted molar refractivity (Wildman–Crippen MR) is 136 cm³/mol. The molecule has 0 fully saturated rings. The van der Waals surface area contributed by atoms with Gasteiger partial charge in [-0.05, 0) is 58.0 Å². The number of hydrogen-bond donors (Lipinski definition) is 0. The van der Waals surface area contributed by atoms with Crippen molar-refractivity contribution in [2.45, 2.75) is 52.7 Å². The van der Waals surface area contributed by atoms with Gasteiger partial charge in [0.25, 0.3) is 0 Å². The Morgan fingerprint density at radius 3 is 2.82 bits per heavy atom. The molecule has 1 aromatic heterocycles. The second-order valence-electron chi connectivity index (χ2n) is 8.41. The van der Waals surface area contributed by atoms with Crippen LogP contribution in [0.1, 0.15) is 50.4 Å². The molecule has 3 rings (SSSR count). The molecule has 0 aliphatic heterocycles. The predicted octanol–water partition coefficient (Wildman–Crippen LogP) is 6.33. The number of methoxy groups -OCH3 is 1. The van der Waals surface area contributed by atoms with E-state index in [4.69, 9.17) is 21.1 Å². The van der Waals surface area contributed by atoms with E-state index in [0.717, 1.165) is 72.0 Å². The van der Waals surface area contributed by atoms with Gasteiger partial charge in [0.15, 0.2) is 5.78 Å². The number of allylic oxidation sites excluding steroid dienone is 5. The van der Waals surface area contributed by atoms with Gasteiger partial charge in [0, 0.05) is 31.3 Å². The minimum absolute atomic E-state index is 0.0573. The maximum Gasteiger partial charge on any atom is 0.162 e. The molecule has 1 atom stereocenters. The van der Waals surface area contributed by atoms with Gasteiger partial charge in [-0.15, -0.1) is 0 Å². The van der Waals surface area contributed by atoms with Crippen LogP contribution in [0.3, 0.4) is 0 Å². The normalized spacial score (nSPS) is 14.7. The molecule has 0 amide bonds. The Morgan fingerprint density at radius 1 is 1.27 bits per heavy atom. The highest BCUT2D eigenvalue weighted by Crippen LogP contribution is 2.31. The monoisotopic (exact) mass is 470 g/mol. The lowest BCUT2D eigenvalue weighted by atomic mass is 10.1. The Labute approximate surface area is 202 Å². The summed E-state index contributed by atoms with van der Waals surface area (Å²) in [4.78, 5) is 14.6. The van der Waals surface area contributed by atoms with E-state index in [0.29, 0.717) is 6.42 Å². The van der Waals surface area contributed by atoms with Crippen LogP contribution in [0.4, 0.5) is 0 Å². The van der Waals surface area contributed by atoms with Gasteiger partial charge in [-0.3, -0.25) is 4.79 Å². The van der Waals surface area contributed by atoms with Crippen molar-refractivity contribution in [2.24, 2.45) is 0 Å². The van der Waals surface area contributed by atoms with Crippen molar-refractivity contribution in [1.82, 2.24) is 9.47 Å². The van der Waals surface area contributed by atoms with E-state index >= 15 is 0 Å². The molecule has 1 heterocycles. The summed E-state index contributed by atoms with van der Waals surface area (Å²) in [6.45, 7) is 9.67. The standard InChI is InChI=1S/C27H35ClN2O3/c1-5-29(18-15-20(2)33-25-13-8-6-7-11-23(25)28)16-10-17-30-19-22(21(3)31)27-24(30)12-9-14-26(27)32-4/h6-9,12-14,19-20H,5,10-11,15-18H2,1-4H3. The summed E-state index contributed by atoms with van der Waals surface area (Å²) in [5.41, 5.74) is 1.76. The van der Waals surface area contributed by atoms with Crippen LogP contribution < -0.4 is 4.74 Å². The first-order valence-corrected chi connectivity index (χ1v) is 12.1. The van der Waals surface area contributed by atoms with Crippen molar-refractivity contribution < 1.29 is 14.3 Å². The number of benzene rings is 1. The quantitative estimate of drug-likeness (QED) is 0.340. The van der Waals surface area contributed by atoms with Gasteiger partial charge in [-0.1, -0.05) is 42.8 Å². The molecule has 2 aromatic rings. The van der Waals surface area contributed by atoms with E-state index in [1.165, 1.54) is 0 Å². The number of rotatable bonds is 12. The smallest absolute Gasteiger partial charge is 0.162 e. The molecule has 0 saturated heterocycles. The van der Waals surface area contributed by atoms with E-state index in [1.54, 1.807) is 14.0 Å². The summed E-state index contributed by atoms with van der Waals surface area (Å²) in [6, 6.07) is 5.94. The van der Waals surface area contributed by atoms with Gasteiger partial charge in [-0.2, -0.15) is 0 Å². The Bertz CT molecular complexity index is 1050. The van der Waals surface area contributed by atoms with Crippen LogP contribution in [0.5, 0.6) is 5.75 Å². The number of aryl methyl sites for hydroxylation is 1. The topological polar surface area (TPSA) is 43.7 Å². The molecule has 1 unspecified atom stereocenters. The highest BCUT2D eigenvalue weighted by atomic mass is 35.5. The fraction of sp³-hybridized carbons (Fsp3) is 0.444. The molecule has 6 heteroatoms. The Balaban J connectivity index is 1.55. The first-order chi connectivity index (χ1) is 15.9. The average molecular weight is 471 g/mol. The fourth-order valence-electron chi connectivity index (χ4n) is 4.16. The fourth-order valence-corrected chi connectivity index (χ4v) is 4.36. The number of ketones is 1. The molecule has 0 spiro atoms. The lowest BCUT2D eigenvalue weighted by molar-refractivity contribution is 0.101. The second kappa shape index (κ2) is 12.1. The third-order valence-electron chi connectivity index (χ3n) is 6.03. The minimum atomic E-state index is 0.0573. The molecule has 1 aliphatic carbocycles. The first-order valence-electron chi connectivity index (χ1n) is 11.7. The maximum absolute atomic E-state index is 12.2. The summed E-state index contributed by atoms with van der Waals surface area (Å²) in [5, 5.41) is 1.65. The summed E-state index contributed by atoms with van der Waals surface area (Å²) in [6.07, 6.45) is 12.6. The number of carbonyl (C=O) groups is 1. The van der Waals surface area contributed by atoms with Crippen LogP contribution in [0, 0.1) is 0 Å². The zero-order valence-electron chi connectivity index (χ0n) is 20.1. The van der Waals surface area contributed by atoms with Crippen molar-refractivity contribution in [1.29, 1.82) is 0 Å². The molecule has 178 valence electrons. The van der Waals surface area contributed by atoms with Crippen LogP contribution in [0.25, 0.3) is 10.9 Å². The SMILES string of the molecule is CCN(CCCn1cc(C(C)=O)c2c(OC)cccc21)CCC(C)OC1=C(Cl)CC=CC=C1. The summed E-state index contributed by atoms with van der Waals surface area (Å²) in [5.74, 6) is 1.57. The molecular formula is C27H35ClN2O3. The highest BCUT2D eigenvalue weighted by Gasteiger charge is 2.16. The molecule has 0 saturated carbocycles. The van der Waals surface area contributed by atoms with Gasteiger partial charge in [0.05, 0.1) is 29.1 Å². The van der Waals surface area contributed by atoms with Crippen molar-refractivity contribution in [3.8, 4) is 5.75 Å². The zero-order valence-corrected chi connectivity index (χ0v) is 20.9. The van der Waals surface area contributed by atoms with Crippen LogP contribution in [0.15, 0.2) is 59.5 Å². The highest BCUT2D eigenvalue weighted by molar-refractivity contribution is 6.30. The molecule has 0 bridgehead atoms. The van der Waals surface area contributed by atoms with Crippen LogP contribution >= 0.6 is 11.6 Å². The number of halogens is 1. The zero-order chi connectivity index (χ0) is 23.8. The summed E-state index contributed by atoms with van der Waals surface area (Å²) >= 11 is 6.34. The van der Waals surface area contributed by atoms with Gasteiger partial charge in [-0.25, -0.2) is 0 Å². The van der Waals surface area contributed by atoms with E-state index in [9.17, 15) is 4.79 Å². The molecule has 0 radical (unpaired) electrons. The van der Waals surface area contributed by atoms with Gasteiger partial charge >= 0.3 is 0 Å². The van der Waals surface area contributed by atoms with Crippen molar-refractivity contribution in [3.05, 3.63) is 65.1 Å². The number of hydrogen-bond acceptors (Lipinski definition) is 4. The number of ether oxygens (including phenoxy) is 2. The van der Waals surface area contributed by atoms with E-state index < -0.39 is 0 Å². The molecule has 33 heavy (non-hydrogen) atoms. The first kappa shape index (κ1) is 25.1. The van der Waals surface area contributed by atoms with E-state index in [-0.39, 0.29) is 11.9 Å². The molecule has 1 aromatic carbocycles. The van der Waals surface area contributed by atoms with Gasteiger partial charge < -0.3 is 18.9 Å². The summed E-state index contributed by atoms with van der Waals surface area (Å²) in [7, 11) is 1.65. The number of Topliss-reactive ketones (excluding diaryl/α,β-unsaturated/α-hetero) is 1. The van der Waals surface area contributed by atoms with Crippen molar-refractivity contribution >= 4 is 28.3 Å². The molecule has 1 aliphatic rings. The van der Waals surface area contributed by atoms with Crippen LogP contribution in [-0.4, -0.2) is 48.1 Å². The van der Waals surface area contributed by atoms with E-state index in [1.807, 2.05) is 42.6 Å². The molecule has 5 nitrogen and oxygen atoms in total. The lowest BCUT2D eigenvalue weighted by Crippen LogP contribution is -2.29. The average Bonchev–Trinajstić information content (AvgIpc) is 3.07. The number of fused-ring (bicyclic) bond motifs is 1. The van der Waals surface area contributed by atoms with Crippen LogP contribution in [-0.2, 0) is 11.3 Å². The van der Waals surface area contributed by atoms with Gasteiger partial charge in [0.1, 0.15) is 11.5 Å². The second-order valence-corrected chi connectivity index (χ2v) is 8.87. The minimum Gasteiger partial charge on any atom is -0.496 e. The maximum atomic E-state index is 12.2. The largest absolute Gasteiger partial charge is 0.496 e. The van der Waals surface area contributed by atoms with Crippen molar-refractivity contribution in [2.75, 3.05) is 26.7 Å². The number of nitrogens with zero attached hydrogens (tertiary/aromatic N) is 2. The third-order valence-corrected chi connectivity index (χ3v) is 6.37. The Hall–Kier alpha value is -2.50. The van der Waals surface area contributed by atoms with Gasteiger partial charge in [0.2, 0.25) is 0 Å². The lowest BCUT2D eigenvalue weighted by Gasteiger charge is -2.23. The van der Waals surface area contributed by atoms with Crippen LogP contribution in [0.2, 0.25) is 0 Å². The summed E-state index contributed by atoms with van der Waals surface area (Å²) < 4.78 is 13.8. The number of carbonyl (C=O) groups excluding carboxylic acids is 1. The Morgan fingerprint density at radius 2 is 2.09 bits per heavy atom.